The maximum absolute atomic E-state index is 12.7. The third-order valence-electron chi connectivity index (χ3n) is 5.57. The molecule has 0 radical (unpaired) electrons. The van der Waals surface area contributed by atoms with Crippen molar-refractivity contribution in [1.29, 1.82) is 0 Å². The van der Waals surface area contributed by atoms with Crippen LogP contribution in [0.2, 0.25) is 0 Å². The molecule has 0 atom stereocenters. The molecule has 1 amide bonds. The monoisotopic (exact) mass is 430 g/mol. The Morgan fingerprint density at radius 3 is 2.53 bits per heavy atom. The molecule has 2 aromatic carbocycles. The van der Waals surface area contributed by atoms with Gasteiger partial charge in [0.2, 0.25) is 22.7 Å². The Balaban J connectivity index is 1.25. The number of nitrogens with zero attached hydrogens (tertiary/aromatic N) is 1. The number of anilines is 1. The smallest absolute Gasteiger partial charge is 0.231 e. The van der Waals surface area contributed by atoms with Gasteiger partial charge in [0.05, 0.1) is 5.75 Å². The van der Waals surface area contributed by atoms with E-state index in [0.717, 1.165) is 12.0 Å². The van der Waals surface area contributed by atoms with Crippen molar-refractivity contribution in [1.82, 2.24) is 4.31 Å². The largest absolute Gasteiger partial charge is 0.454 e. The van der Waals surface area contributed by atoms with Gasteiger partial charge in [-0.05, 0) is 43.4 Å². The van der Waals surface area contributed by atoms with E-state index in [1.165, 1.54) is 4.31 Å². The summed E-state index contributed by atoms with van der Waals surface area (Å²) in [6.07, 6.45) is 2.38. The van der Waals surface area contributed by atoms with Crippen LogP contribution >= 0.6 is 0 Å². The van der Waals surface area contributed by atoms with Crippen LogP contribution in [0.5, 0.6) is 11.5 Å². The number of hydrogen-bond acceptors (Lipinski definition) is 5. The van der Waals surface area contributed by atoms with Gasteiger partial charge in [0.1, 0.15) is 0 Å². The summed E-state index contributed by atoms with van der Waals surface area (Å²) in [6.45, 7) is 0.949. The van der Waals surface area contributed by atoms with Gasteiger partial charge in [-0.3, -0.25) is 4.79 Å². The van der Waals surface area contributed by atoms with E-state index in [9.17, 15) is 13.2 Å². The van der Waals surface area contributed by atoms with Crippen LogP contribution in [0.4, 0.5) is 5.69 Å². The molecular weight excluding hydrogens is 404 g/mol. The molecule has 160 valence electrons. The van der Waals surface area contributed by atoms with E-state index in [2.05, 4.69) is 5.32 Å². The third kappa shape index (κ3) is 4.94. The number of nitrogens with one attached hydrogen (secondary N) is 1. The lowest BCUT2D eigenvalue weighted by atomic mass is 9.97. The minimum Gasteiger partial charge on any atom is -0.454 e. The summed E-state index contributed by atoms with van der Waals surface area (Å²) in [6, 6.07) is 15.2. The van der Waals surface area contributed by atoms with Crippen LogP contribution < -0.4 is 14.8 Å². The van der Waals surface area contributed by atoms with E-state index in [4.69, 9.17) is 9.47 Å². The number of sulfonamides is 1. The molecule has 0 saturated carbocycles. The number of piperidine rings is 1. The van der Waals surface area contributed by atoms with E-state index in [-0.39, 0.29) is 24.4 Å². The number of aryl methyl sites for hydroxylation is 1. The number of carbonyl (C=O) groups is 1. The van der Waals surface area contributed by atoms with Crippen LogP contribution in [0.1, 0.15) is 24.8 Å². The normalized spacial score (nSPS) is 17.1. The van der Waals surface area contributed by atoms with E-state index in [1.807, 2.05) is 30.3 Å². The molecular formula is C22H26N2O5S. The first-order valence-electron chi connectivity index (χ1n) is 10.2. The molecule has 8 heteroatoms. The molecule has 0 aromatic heterocycles. The Morgan fingerprint density at radius 1 is 1.03 bits per heavy atom. The molecule has 1 N–H and O–H groups in total. The summed E-state index contributed by atoms with van der Waals surface area (Å²) in [5.41, 5.74) is 1.80. The molecule has 2 aliphatic heterocycles. The average Bonchev–Trinajstić information content (AvgIpc) is 3.22. The number of hydrogen-bond donors (Lipinski definition) is 1. The number of rotatable bonds is 7. The van der Waals surface area contributed by atoms with E-state index in [0.29, 0.717) is 49.5 Å². The van der Waals surface area contributed by atoms with E-state index in [1.54, 1.807) is 18.2 Å². The van der Waals surface area contributed by atoms with Crippen molar-refractivity contribution in [3.63, 3.8) is 0 Å². The molecule has 2 aliphatic rings. The molecule has 4 rings (SSSR count). The Morgan fingerprint density at radius 2 is 1.77 bits per heavy atom. The highest BCUT2D eigenvalue weighted by atomic mass is 32.2. The van der Waals surface area contributed by atoms with Crippen molar-refractivity contribution in [3.8, 4) is 11.5 Å². The summed E-state index contributed by atoms with van der Waals surface area (Å²) in [5, 5.41) is 2.90. The van der Waals surface area contributed by atoms with Crippen molar-refractivity contribution in [2.24, 2.45) is 5.92 Å². The molecule has 0 spiro atoms. The second-order valence-corrected chi connectivity index (χ2v) is 9.72. The lowest BCUT2D eigenvalue weighted by Crippen LogP contribution is -2.42. The van der Waals surface area contributed by atoms with Gasteiger partial charge in [0.25, 0.3) is 0 Å². The Kier molecular flexibility index (Phi) is 6.24. The SMILES string of the molecule is O=C(Nc1ccc2c(c1)OCO2)C1CCN(S(=O)(=O)CCCc2ccccc2)CC1. The Labute approximate surface area is 177 Å². The van der Waals surface area contributed by atoms with E-state index >= 15 is 0 Å². The molecule has 1 saturated heterocycles. The fourth-order valence-corrected chi connectivity index (χ4v) is 5.38. The van der Waals surface area contributed by atoms with Gasteiger partial charge in [0.15, 0.2) is 11.5 Å². The number of amides is 1. The van der Waals surface area contributed by atoms with Gasteiger partial charge in [-0.2, -0.15) is 0 Å². The van der Waals surface area contributed by atoms with Crippen LogP contribution in [0.15, 0.2) is 48.5 Å². The average molecular weight is 431 g/mol. The summed E-state index contributed by atoms with van der Waals surface area (Å²) >= 11 is 0. The highest BCUT2D eigenvalue weighted by Crippen LogP contribution is 2.34. The van der Waals surface area contributed by atoms with Gasteiger partial charge in [0, 0.05) is 30.8 Å². The summed E-state index contributed by atoms with van der Waals surface area (Å²) in [5.74, 6) is 1.12. The summed E-state index contributed by atoms with van der Waals surface area (Å²) < 4.78 is 37.4. The van der Waals surface area contributed by atoms with Gasteiger partial charge in [-0.15, -0.1) is 0 Å². The number of carbonyl (C=O) groups excluding carboxylic acids is 1. The van der Waals surface area contributed by atoms with Gasteiger partial charge in [-0.25, -0.2) is 12.7 Å². The highest BCUT2D eigenvalue weighted by molar-refractivity contribution is 7.89. The molecule has 0 bridgehead atoms. The fraction of sp³-hybridized carbons (Fsp3) is 0.409. The molecule has 1 fully saturated rings. The van der Waals surface area contributed by atoms with Gasteiger partial charge >= 0.3 is 0 Å². The van der Waals surface area contributed by atoms with Crippen molar-refractivity contribution in [3.05, 3.63) is 54.1 Å². The third-order valence-corrected chi connectivity index (χ3v) is 7.53. The standard InChI is InChI=1S/C22H26N2O5S/c25-22(23-19-8-9-20-21(15-19)29-16-28-20)18-10-12-24(13-11-18)30(26,27)14-4-7-17-5-2-1-3-6-17/h1-3,5-6,8-9,15,18H,4,7,10-14,16H2,(H,23,25). The zero-order chi connectivity index (χ0) is 21.0. The summed E-state index contributed by atoms with van der Waals surface area (Å²) in [7, 11) is -3.30. The van der Waals surface area contributed by atoms with Crippen molar-refractivity contribution >= 4 is 21.6 Å². The molecule has 0 aliphatic carbocycles. The first-order chi connectivity index (χ1) is 14.5. The van der Waals surface area contributed by atoms with Crippen molar-refractivity contribution < 1.29 is 22.7 Å². The predicted octanol–water partition coefficient (Wildman–Crippen LogP) is 3.03. The minimum absolute atomic E-state index is 0.0880. The zero-order valence-electron chi connectivity index (χ0n) is 16.7. The first-order valence-corrected chi connectivity index (χ1v) is 11.8. The minimum atomic E-state index is -3.30. The van der Waals surface area contributed by atoms with E-state index < -0.39 is 10.0 Å². The van der Waals surface area contributed by atoms with Crippen LogP contribution in [-0.2, 0) is 21.2 Å². The Hall–Kier alpha value is -2.58. The lowest BCUT2D eigenvalue weighted by Gasteiger charge is -2.30. The second-order valence-electron chi connectivity index (χ2n) is 7.64. The van der Waals surface area contributed by atoms with Crippen LogP contribution in [0.3, 0.4) is 0 Å². The highest BCUT2D eigenvalue weighted by Gasteiger charge is 2.31. The fourth-order valence-electron chi connectivity index (χ4n) is 3.85. The van der Waals surface area contributed by atoms with Crippen LogP contribution in [-0.4, -0.2) is 44.3 Å². The molecule has 30 heavy (non-hydrogen) atoms. The maximum Gasteiger partial charge on any atom is 0.231 e. The molecule has 0 unspecified atom stereocenters. The topological polar surface area (TPSA) is 84.9 Å². The number of benzene rings is 2. The van der Waals surface area contributed by atoms with Crippen LogP contribution in [0, 0.1) is 5.92 Å². The molecule has 2 heterocycles. The number of ether oxygens (including phenoxy) is 2. The van der Waals surface area contributed by atoms with Crippen LogP contribution in [0.25, 0.3) is 0 Å². The Bertz CT molecular complexity index is 986. The zero-order valence-corrected chi connectivity index (χ0v) is 17.6. The molecule has 7 nitrogen and oxygen atoms in total. The molecule has 2 aromatic rings. The second kappa shape index (κ2) is 9.06. The summed E-state index contributed by atoms with van der Waals surface area (Å²) in [4.78, 5) is 12.6. The van der Waals surface area contributed by atoms with Gasteiger partial charge in [-0.1, -0.05) is 30.3 Å². The first kappa shape index (κ1) is 20.7. The van der Waals surface area contributed by atoms with Crippen molar-refractivity contribution in [2.75, 3.05) is 31.0 Å². The lowest BCUT2D eigenvalue weighted by molar-refractivity contribution is -0.120. The predicted molar refractivity (Wildman–Crippen MR) is 114 cm³/mol. The maximum atomic E-state index is 12.7. The van der Waals surface area contributed by atoms with Crippen molar-refractivity contribution in [2.45, 2.75) is 25.7 Å². The number of fused-ring (bicyclic) bond motifs is 1. The quantitative estimate of drug-likeness (QED) is 0.730. The van der Waals surface area contributed by atoms with Gasteiger partial charge < -0.3 is 14.8 Å².